The summed E-state index contributed by atoms with van der Waals surface area (Å²) in [6, 6.07) is 11.5. The van der Waals surface area contributed by atoms with E-state index >= 15 is 0 Å². The molecule has 0 bridgehead atoms. The number of para-hydroxylation sites is 1. The van der Waals surface area contributed by atoms with Gasteiger partial charge in [-0.2, -0.15) is 0 Å². The maximum absolute atomic E-state index is 12.0. The van der Waals surface area contributed by atoms with Crippen LogP contribution in [0.1, 0.15) is 17.3 Å². The first-order chi connectivity index (χ1) is 11.5. The van der Waals surface area contributed by atoms with Crippen LogP contribution in [0.25, 0.3) is 0 Å². The van der Waals surface area contributed by atoms with E-state index in [0.717, 1.165) is 0 Å². The Morgan fingerprint density at radius 2 is 1.50 bits per heavy atom. The number of ether oxygens (including phenoxy) is 4. The molecule has 0 saturated heterocycles. The normalized spacial score (nSPS) is 9.96. The van der Waals surface area contributed by atoms with E-state index in [-0.39, 0.29) is 18.1 Å². The van der Waals surface area contributed by atoms with Gasteiger partial charge in [0.15, 0.2) is 23.9 Å². The summed E-state index contributed by atoms with van der Waals surface area (Å²) in [7, 11) is 2.94. The summed E-state index contributed by atoms with van der Waals surface area (Å²) in [6.45, 7) is 1.19. The molecule has 0 radical (unpaired) electrons. The van der Waals surface area contributed by atoms with Gasteiger partial charge in [-0.05, 0) is 43.3 Å². The van der Waals surface area contributed by atoms with E-state index in [9.17, 15) is 9.59 Å². The van der Waals surface area contributed by atoms with Crippen LogP contribution >= 0.6 is 0 Å². The Labute approximate surface area is 139 Å². The second-order valence-corrected chi connectivity index (χ2v) is 4.83. The molecule has 0 atom stereocenters. The number of carbonyl (C=O) groups is 2. The fourth-order valence-corrected chi connectivity index (χ4v) is 1.99. The summed E-state index contributed by atoms with van der Waals surface area (Å²) in [6.07, 6.45) is 0. The van der Waals surface area contributed by atoms with Crippen molar-refractivity contribution in [3.05, 3.63) is 48.0 Å². The van der Waals surface area contributed by atoms with Crippen LogP contribution in [0.2, 0.25) is 0 Å². The van der Waals surface area contributed by atoms with Gasteiger partial charge in [-0.15, -0.1) is 0 Å². The lowest BCUT2D eigenvalue weighted by Crippen LogP contribution is -2.18. The standard InChI is InChI=1S/C18H18O6/c1-12(19)13-7-9-14(10-8-13)23-11-17(20)24-18-15(21-2)5-4-6-16(18)22-3/h4-10H,11H2,1-3H3. The number of ketones is 1. The summed E-state index contributed by atoms with van der Waals surface area (Å²) in [5.41, 5.74) is 0.573. The monoisotopic (exact) mass is 330 g/mol. The maximum atomic E-state index is 12.0. The highest BCUT2D eigenvalue weighted by molar-refractivity contribution is 5.94. The summed E-state index contributed by atoms with van der Waals surface area (Å²) in [5, 5.41) is 0. The molecule has 0 aliphatic carbocycles. The Morgan fingerprint density at radius 3 is 2.00 bits per heavy atom. The van der Waals surface area contributed by atoms with E-state index in [1.165, 1.54) is 21.1 Å². The number of rotatable bonds is 7. The third kappa shape index (κ3) is 4.25. The van der Waals surface area contributed by atoms with E-state index in [0.29, 0.717) is 22.8 Å². The first kappa shape index (κ1) is 17.3. The fraction of sp³-hybridized carbons (Fsp3) is 0.222. The van der Waals surface area contributed by atoms with Crippen molar-refractivity contribution in [1.29, 1.82) is 0 Å². The van der Waals surface area contributed by atoms with Crippen LogP contribution in [-0.2, 0) is 4.79 Å². The highest BCUT2D eigenvalue weighted by Gasteiger charge is 2.16. The van der Waals surface area contributed by atoms with Crippen molar-refractivity contribution >= 4 is 11.8 Å². The molecule has 2 aromatic carbocycles. The predicted octanol–water partition coefficient (Wildman–Crippen LogP) is 2.89. The van der Waals surface area contributed by atoms with Gasteiger partial charge in [0.05, 0.1) is 14.2 Å². The van der Waals surface area contributed by atoms with Crippen LogP contribution in [0.4, 0.5) is 0 Å². The summed E-state index contributed by atoms with van der Waals surface area (Å²) < 4.78 is 20.9. The second-order valence-electron chi connectivity index (χ2n) is 4.83. The molecule has 0 fully saturated rings. The molecule has 0 spiro atoms. The van der Waals surface area contributed by atoms with Crippen molar-refractivity contribution in [2.24, 2.45) is 0 Å². The quantitative estimate of drug-likeness (QED) is 0.442. The molecule has 0 aliphatic heterocycles. The van der Waals surface area contributed by atoms with Crippen molar-refractivity contribution < 1.29 is 28.5 Å². The van der Waals surface area contributed by atoms with Crippen LogP contribution in [0.5, 0.6) is 23.0 Å². The molecule has 2 aromatic rings. The summed E-state index contributed by atoms with van der Waals surface area (Å²) in [5.74, 6) is 0.784. The van der Waals surface area contributed by atoms with Gasteiger partial charge < -0.3 is 18.9 Å². The van der Waals surface area contributed by atoms with Gasteiger partial charge >= 0.3 is 5.97 Å². The highest BCUT2D eigenvalue weighted by atomic mass is 16.6. The summed E-state index contributed by atoms with van der Waals surface area (Å²) in [4.78, 5) is 23.2. The van der Waals surface area contributed by atoms with Crippen molar-refractivity contribution in [2.75, 3.05) is 20.8 Å². The summed E-state index contributed by atoms with van der Waals surface area (Å²) >= 11 is 0. The minimum Gasteiger partial charge on any atom is -0.493 e. The van der Waals surface area contributed by atoms with E-state index < -0.39 is 5.97 Å². The van der Waals surface area contributed by atoms with Gasteiger partial charge in [0.1, 0.15) is 5.75 Å². The highest BCUT2D eigenvalue weighted by Crippen LogP contribution is 2.36. The van der Waals surface area contributed by atoms with Gasteiger partial charge in [-0.3, -0.25) is 4.79 Å². The maximum Gasteiger partial charge on any atom is 0.349 e. The van der Waals surface area contributed by atoms with E-state index in [4.69, 9.17) is 18.9 Å². The topological polar surface area (TPSA) is 71.1 Å². The first-order valence-corrected chi connectivity index (χ1v) is 7.20. The third-order valence-corrected chi connectivity index (χ3v) is 3.22. The Balaban J connectivity index is 2.00. The molecule has 126 valence electrons. The molecular weight excluding hydrogens is 312 g/mol. The molecular formula is C18H18O6. The van der Waals surface area contributed by atoms with Crippen LogP contribution in [0.15, 0.2) is 42.5 Å². The van der Waals surface area contributed by atoms with Crippen molar-refractivity contribution in [1.82, 2.24) is 0 Å². The van der Waals surface area contributed by atoms with Crippen molar-refractivity contribution in [3.63, 3.8) is 0 Å². The molecule has 0 amide bonds. The van der Waals surface area contributed by atoms with E-state index in [2.05, 4.69) is 0 Å². The van der Waals surface area contributed by atoms with Crippen LogP contribution in [0, 0.1) is 0 Å². The first-order valence-electron chi connectivity index (χ1n) is 7.20. The van der Waals surface area contributed by atoms with Crippen molar-refractivity contribution in [2.45, 2.75) is 6.92 Å². The number of esters is 1. The molecule has 6 nitrogen and oxygen atoms in total. The number of Topliss-reactive ketones (excluding diaryl/α,β-unsaturated/α-hetero) is 1. The van der Waals surface area contributed by atoms with E-state index in [1.807, 2.05) is 0 Å². The minimum absolute atomic E-state index is 0.0378. The third-order valence-electron chi connectivity index (χ3n) is 3.22. The van der Waals surface area contributed by atoms with Gasteiger partial charge in [0, 0.05) is 5.56 Å². The number of hydrogen-bond acceptors (Lipinski definition) is 6. The molecule has 24 heavy (non-hydrogen) atoms. The van der Waals surface area contributed by atoms with Crippen molar-refractivity contribution in [3.8, 4) is 23.0 Å². The zero-order chi connectivity index (χ0) is 17.5. The Bertz CT molecular complexity index is 699. The Kier molecular flexibility index (Phi) is 5.78. The van der Waals surface area contributed by atoms with Crippen LogP contribution in [0.3, 0.4) is 0 Å². The number of hydrogen-bond donors (Lipinski definition) is 0. The zero-order valence-electron chi connectivity index (χ0n) is 13.7. The molecule has 0 N–H and O–H groups in total. The van der Waals surface area contributed by atoms with Gasteiger partial charge in [0.25, 0.3) is 0 Å². The molecule has 0 unspecified atom stereocenters. The average Bonchev–Trinajstić information content (AvgIpc) is 2.60. The number of benzene rings is 2. The van der Waals surface area contributed by atoms with E-state index in [1.54, 1.807) is 42.5 Å². The van der Waals surface area contributed by atoms with Gasteiger partial charge in [-0.25, -0.2) is 4.79 Å². The SMILES string of the molecule is COc1cccc(OC)c1OC(=O)COc1ccc(C(C)=O)cc1. The van der Waals surface area contributed by atoms with Crippen LogP contribution < -0.4 is 18.9 Å². The Hall–Kier alpha value is -3.02. The van der Waals surface area contributed by atoms with Gasteiger partial charge in [0.2, 0.25) is 5.75 Å². The molecule has 0 aliphatic rings. The smallest absolute Gasteiger partial charge is 0.349 e. The fourth-order valence-electron chi connectivity index (χ4n) is 1.99. The zero-order valence-corrected chi connectivity index (χ0v) is 13.7. The molecule has 0 saturated carbocycles. The molecule has 0 aromatic heterocycles. The minimum atomic E-state index is -0.603. The second kappa shape index (κ2) is 8.01. The lowest BCUT2D eigenvalue weighted by molar-refractivity contribution is -0.136. The lowest BCUT2D eigenvalue weighted by atomic mass is 10.1. The average molecular weight is 330 g/mol. The predicted molar refractivity (Wildman–Crippen MR) is 87.1 cm³/mol. The number of methoxy groups -OCH3 is 2. The molecule has 6 heteroatoms. The van der Waals surface area contributed by atoms with Crippen LogP contribution in [-0.4, -0.2) is 32.6 Å². The Morgan fingerprint density at radius 1 is 0.917 bits per heavy atom. The molecule has 2 rings (SSSR count). The molecule has 0 heterocycles. The number of carbonyl (C=O) groups excluding carboxylic acids is 2. The lowest BCUT2D eigenvalue weighted by Gasteiger charge is -2.13. The largest absolute Gasteiger partial charge is 0.493 e. The van der Waals surface area contributed by atoms with Gasteiger partial charge in [-0.1, -0.05) is 6.07 Å².